The van der Waals surface area contributed by atoms with Crippen LogP contribution in [-0.2, 0) is 13.1 Å². The van der Waals surface area contributed by atoms with E-state index in [1.165, 1.54) is 24.0 Å². The molecule has 0 saturated carbocycles. The molecule has 3 aromatic rings. The van der Waals surface area contributed by atoms with Gasteiger partial charge in [-0.3, -0.25) is 4.90 Å². The van der Waals surface area contributed by atoms with Crippen LogP contribution in [0.2, 0.25) is 0 Å². The molecular formula is C23H28N4OS. The second-order valence-electron chi connectivity index (χ2n) is 7.47. The molecule has 0 radical (unpaired) electrons. The molecule has 29 heavy (non-hydrogen) atoms. The highest BCUT2D eigenvalue weighted by atomic mass is 32.2. The van der Waals surface area contributed by atoms with Gasteiger partial charge in [0.25, 0.3) is 0 Å². The highest BCUT2D eigenvalue weighted by molar-refractivity contribution is 7.99. The van der Waals surface area contributed by atoms with E-state index in [2.05, 4.69) is 69.1 Å². The van der Waals surface area contributed by atoms with Gasteiger partial charge in [-0.1, -0.05) is 54.2 Å². The van der Waals surface area contributed by atoms with Crippen molar-refractivity contribution in [3.8, 4) is 5.75 Å². The summed E-state index contributed by atoms with van der Waals surface area (Å²) in [5.41, 5.74) is 2.48. The summed E-state index contributed by atoms with van der Waals surface area (Å²) in [5.74, 6) is 2.81. The van der Waals surface area contributed by atoms with Gasteiger partial charge in [-0.2, -0.15) is 0 Å². The first-order valence-corrected chi connectivity index (χ1v) is 11.3. The van der Waals surface area contributed by atoms with Crippen molar-refractivity contribution in [2.75, 3.05) is 25.4 Å². The van der Waals surface area contributed by atoms with Gasteiger partial charge in [-0.15, -0.1) is 10.2 Å². The summed E-state index contributed by atoms with van der Waals surface area (Å²) < 4.78 is 8.16. The highest BCUT2D eigenvalue weighted by Gasteiger charge is 2.18. The molecule has 0 spiro atoms. The maximum Gasteiger partial charge on any atom is 0.191 e. The third-order valence-electron chi connectivity index (χ3n) is 5.11. The third-order valence-corrected chi connectivity index (χ3v) is 6.04. The largest absolute Gasteiger partial charge is 0.493 e. The Balaban J connectivity index is 1.41. The lowest BCUT2D eigenvalue weighted by Gasteiger charge is -2.16. The molecule has 5 nitrogen and oxygen atoms in total. The Bertz CT molecular complexity index is 906. The van der Waals surface area contributed by atoms with Crippen LogP contribution in [0.3, 0.4) is 0 Å². The first-order chi connectivity index (χ1) is 14.3. The normalized spacial score (nSPS) is 14.4. The first kappa shape index (κ1) is 20.0. The topological polar surface area (TPSA) is 43.2 Å². The van der Waals surface area contributed by atoms with E-state index in [1.807, 2.05) is 12.1 Å². The van der Waals surface area contributed by atoms with Crippen LogP contribution in [-0.4, -0.2) is 45.1 Å². The Morgan fingerprint density at radius 3 is 2.59 bits per heavy atom. The Kier molecular flexibility index (Phi) is 6.85. The number of benzene rings is 2. The third kappa shape index (κ3) is 5.61. The molecule has 1 aliphatic rings. The van der Waals surface area contributed by atoms with Crippen molar-refractivity contribution in [2.45, 2.75) is 38.0 Å². The molecule has 0 atom stereocenters. The van der Waals surface area contributed by atoms with Gasteiger partial charge >= 0.3 is 0 Å². The molecule has 2 heterocycles. The Morgan fingerprint density at radius 2 is 1.79 bits per heavy atom. The van der Waals surface area contributed by atoms with Crippen LogP contribution in [0.4, 0.5) is 0 Å². The second kappa shape index (κ2) is 9.94. The van der Waals surface area contributed by atoms with E-state index in [9.17, 15) is 0 Å². The maximum atomic E-state index is 5.89. The van der Waals surface area contributed by atoms with E-state index >= 15 is 0 Å². The van der Waals surface area contributed by atoms with Gasteiger partial charge < -0.3 is 9.30 Å². The monoisotopic (exact) mass is 408 g/mol. The van der Waals surface area contributed by atoms with Gasteiger partial charge in [-0.25, -0.2) is 0 Å². The lowest BCUT2D eigenvalue weighted by atomic mass is 10.2. The van der Waals surface area contributed by atoms with E-state index in [-0.39, 0.29) is 0 Å². The number of likely N-dealkylation sites (tertiary alicyclic amines) is 1. The molecule has 152 valence electrons. The molecule has 0 bridgehead atoms. The summed E-state index contributed by atoms with van der Waals surface area (Å²) in [4.78, 5) is 2.47. The molecule has 1 aliphatic heterocycles. The standard InChI is InChI=1S/C23H28N4OS/c1-19-8-7-11-21(16-19)28-14-15-29-23-25-24-22(18-26-12-5-6-13-26)27(23)17-20-9-3-2-4-10-20/h2-4,7-11,16H,5-6,12-15,17-18H2,1H3. The average Bonchev–Trinajstić information content (AvgIpc) is 3.38. The van der Waals surface area contributed by atoms with Gasteiger partial charge in [-0.05, 0) is 56.1 Å². The second-order valence-corrected chi connectivity index (χ2v) is 8.53. The molecule has 0 amide bonds. The Labute approximate surface area is 177 Å². The minimum atomic E-state index is 0.647. The predicted molar refractivity (Wildman–Crippen MR) is 117 cm³/mol. The van der Waals surface area contributed by atoms with Crippen LogP contribution in [0.15, 0.2) is 59.8 Å². The summed E-state index contributed by atoms with van der Waals surface area (Å²) >= 11 is 1.71. The van der Waals surface area contributed by atoms with Crippen LogP contribution in [0.5, 0.6) is 5.75 Å². The Hall–Kier alpha value is -2.31. The first-order valence-electron chi connectivity index (χ1n) is 10.3. The van der Waals surface area contributed by atoms with Crippen molar-refractivity contribution >= 4 is 11.8 Å². The summed E-state index contributed by atoms with van der Waals surface area (Å²) in [7, 11) is 0. The smallest absolute Gasteiger partial charge is 0.191 e. The molecule has 6 heteroatoms. The van der Waals surface area contributed by atoms with Crippen LogP contribution < -0.4 is 4.74 Å². The summed E-state index contributed by atoms with van der Waals surface area (Å²) in [6.45, 7) is 6.72. The number of thioether (sulfide) groups is 1. The molecule has 0 N–H and O–H groups in total. The molecule has 0 unspecified atom stereocenters. The number of hydrogen-bond acceptors (Lipinski definition) is 5. The zero-order valence-corrected chi connectivity index (χ0v) is 17.8. The number of ether oxygens (including phenoxy) is 1. The number of rotatable bonds is 9. The van der Waals surface area contributed by atoms with E-state index in [0.29, 0.717) is 6.61 Å². The van der Waals surface area contributed by atoms with E-state index < -0.39 is 0 Å². The highest BCUT2D eigenvalue weighted by Crippen LogP contribution is 2.21. The van der Waals surface area contributed by atoms with Crippen LogP contribution in [0.1, 0.15) is 29.8 Å². The predicted octanol–water partition coefficient (Wildman–Crippen LogP) is 4.40. The number of nitrogens with zero attached hydrogens (tertiary/aromatic N) is 4. The number of aryl methyl sites for hydroxylation is 1. The van der Waals surface area contributed by atoms with E-state index in [0.717, 1.165) is 48.7 Å². The van der Waals surface area contributed by atoms with Crippen LogP contribution >= 0.6 is 11.8 Å². The van der Waals surface area contributed by atoms with Gasteiger partial charge in [0.15, 0.2) is 5.16 Å². The molecule has 4 rings (SSSR count). The quantitative estimate of drug-likeness (QED) is 0.388. The summed E-state index contributed by atoms with van der Waals surface area (Å²) in [6, 6.07) is 18.7. The number of aromatic nitrogens is 3. The van der Waals surface area contributed by atoms with Crippen LogP contribution in [0, 0.1) is 6.92 Å². The van der Waals surface area contributed by atoms with Gasteiger partial charge in [0.1, 0.15) is 11.6 Å². The lowest BCUT2D eigenvalue weighted by molar-refractivity contribution is 0.316. The van der Waals surface area contributed by atoms with Gasteiger partial charge in [0.2, 0.25) is 0 Å². The molecule has 1 saturated heterocycles. The molecule has 0 aliphatic carbocycles. The zero-order valence-electron chi connectivity index (χ0n) is 17.0. The van der Waals surface area contributed by atoms with Crippen LogP contribution in [0.25, 0.3) is 0 Å². The van der Waals surface area contributed by atoms with Crippen molar-refractivity contribution < 1.29 is 4.74 Å². The van der Waals surface area contributed by atoms with Crippen molar-refractivity contribution in [1.82, 2.24) is 19.7 Å². The van der Waals surface area contributed by atoms with Gasteiger partial charge in [0.05, 0.1) is 19.7 Å². The van der Waals surface area contributed by atoms with E-state index in [1.54, 1.807) is 11.8 Å². The molecule has 1 fully saturated rings. The minimum Gasteiger partial charge on any atom is -0.493 e. The molecule has 1 aromatic heterocycles. The fraction of sp³-hybridized carbons (Fsp3) is 0.391. The summed E-state index contributed by atoms with van der Waals surface area (Å²) in [5, 5.41) is 10.0. The van der Waals surface area contributed by atoms with E-state index in [4.69, 9.17) is 4.74 Å². The lowest BCUT2D eigenvalue weighted by Crippen LogP contribution is -2.21. The van der Waals surface area contributed by atoms with Crippen molar-refractivity contribution in [1.29, 1.82) is 0 Å². The van der Waals surface area contributed by atoms with Crippen molar-refractivity contribution in [3.63, 3.8) is 0 Å². The maximum absolute atomic E-state index is 5.89. The Morgan fingerprint density at radius 1 is 0.966 bits per heavy atom. The zero-order chi connectivity index (χ0) is 19.9. The van der Waals surface area contributed by atoms with Crippen molar-refractivity contribution in [2.24, 2.45) is 0 Å². The number of hydrogen-bond donors (Lipinski definition) is 0. The SMILES string of the molecule is Cc1cccc(OCCSc2nnc(CN3CCCC3)n2Cc2ccccc2)c1. The average molecular weight is 409 g/mol. The molecule has 2 aromatic carbocycles. The summed E-state index contributed by atoms with van der Waals surface area (Å²) in [6.07, 6.45) is 2.56. The molecular weight excluding hydrogens is 380 g/mol. The van der Waals surface area contributed by atoms with Crippen molar-refractivity contribution in [3.05, 3.63) is 71.5 Å². The fourth-order valence-corrected chi connectivity index (χ4v) is 4.38. The minimum absolute atomic E-state index is 0.647. The fourth-order valence-electron chi connectivity index (χ4n) is 3.61. The van der Waals surface area contributed by atoms with Gasteiger partial charge in [0, 0.05) is 5.75 Å².